The molecule has 0 atom stereocenters. The lowest BCUT2D eigenvalue weighted by molar-refractivity contribution is 1.58. The predicted molar refractivity (Wildman–Crippen MR) is 82.9 cm³/mol. The molecule has 0 saturated heterocycles. The third-order valence-corrected chi connectivity index (χ3v) is 4.63. The lowest BCUT2D eigenvalue weighted by atomic mass is 10.1. The second-order valence-electron chi connectivity index (χ2n) is 3.87. The van der Waals surface area contributed by atoms with Crippen molar-refractivity contribution in [3.8, 4) is 24.7 Å². The van der Waals surface area contributed by atoms with Crippen LogP contribution in [-0.4, -0.2) is 0 Å². The van der Waals surface area contributed by atoms with Crippen LogP contribution in [0.3, 0.4) is 0 Å². The quantitative estimate of drug-likeness (QED) is 0.700. The van der Waals surface area contributed by atoms with Gasteiger partial charge in [0, 0.05) is 9.75 Å². The van der Waals surface area contributed by atoms with Gasteiger partial charge in [-0.1, -0.05) is 24.0 Å². The van der Waals surface area contributed by atoms with E-state index in [-0.39, 0.29) is 0 Å². The fourth-order valence-electron chi connectivity index (χ4n) is 1.65. The predicted octanol–water partition coefficient (Wildman–Crippen LogP) is 4.56. The van der Waals surface area contributed by atoms with Crippen molar-refractivity contribution >= 4 is 34.8 Å². The summed E-state index contributed by atoms with van der Waals surface area (Å²) in [7, 11) is 0. The van der Waals surface area contributed by atoms with E-state index in [2.05, 4.69) is 37.8 Å². The first-order valence-corrected chi connectivity index (χ1v) is 7.09. The molecular formula is C16H12S2. The lowest BCUT2D eigenvalue weighted by Gasteiger charge is -1.90. The zero-order valence-electron chi connectivity index (χ0n) is 10.3. The van der Waals surface area contributed by atoms with Gasteiger partial charge in [-0.3, -0.25) is 0 Å². The second-order valence-corrected chi connectivity index (χ2v) is 6.38. The van der Waals surface area contributed by atoms with Crippen LogP contribution in [0.2, 0.25) is 0 Å². The van der Waals surface area contributed by atoms with Crippen molar-refractivity contribution in [2.45, 2.75) is 13.8 Å². The Morgan fingerprint density at radius 3 is 1.56 bits per heavy atom. The molecule has 0 aliphatic rings. The van der Waals surface area contributed by atoms with E-state index < -0.39 is 0 Å². The maximum Gasteiger partial charge on any atom is 0.0774 e. The minimum absolute atomic E-state index is 0.971. The Hall–Kier alpha value is -1.74. The van der Waals surface area contributed by atoms with Crippen LogP contribution in [0.15, 0.2) is 12.1 Å². The Morgan fingerprint density at radius 1 is 0.889 bits per heavy atom. The Bertz CT molecular complexity index is 621. The van der Waals surface area contributed by atoms with E-state index in [4.69, 9.17) is 12.8 Å². The Kier molecular flexibility index (Phi) is 3.72. The molecule has 2 aromatic heterocycles. The second kappa shape index (κ2) is 5.27. The van der Waals surface area contributed by atoms with Crippen molar-refractivity contribution in [2.75, 3.05) is 0 Å². The van der Waals surface area contributed by atoms with E-state index in [0.717, 1.165) is 9.75 Å². The molecule has 0 bridgehead atoms. The first-order chi connectivity index (χ1) is 8.63. The van der Waals surface area contributed by atoms with Crippen LogP contribution in [0, 0.1) is 38.5 Å². The molecule has 0 radical (unpaired) electrons. The SMILES string of the molecule is C#Cc1cc(C=Cc2cc(C#C)sc2C)c(C)s1. The fraction of sp³-hybridized carbons (Fsp3) is 0.125. The highest BCUT2D eigenvalue weighted by molar-refractivity contribution is 7.13. The van der Waals surface area contributed by atoms with Gasteiger partial charge in [0.15, 0.2) is 0 Å². The van der Waals surface area contributed by atoms with Crippen molar-refractivity contribution < 1.29 is 0 Å². The van der Waals surface area contributed by atoms with Crippen molar-refractivity contribution in [1.82, 2.24) is 0 Å². The first kappa shape index (κ1) is 12.7. The zero-order valence-corrected chi connectivity index (χ0v) is 11.9. The molecule has 88 valence electrons. The van der Waals surface area contributed by atoms with Gasteiger partial charge in [0.1, 0.15) is 0 Å². The van der Waals surface area contributed by atoms with Crippen LogP contribution in [-0.2, 0) is 0 Å². The molecule has 0 fully saturated rings. The van der Waals surface area contributed by atoms with Gasteiger partial charge in [0.05, 0.1) is 9.75 Å². The van der Waals surface area contributed by atoms with E-state index >= 15 is 0 Å². The van der Waals surface area contributed by atoms with Gasteiger partial charge in [-0.15, -0.1) is 35.5 Å². The minimum Gasteiger partial charge on any atom is -0.131 e. The molecule has 2 aromatic rings. The van der Waals surface area contributed by atoms with Crippen molar-refractivity contribution in [3.05, 3.63) is 42.8 Å². The van der Waals surface area contributed by atoms with E-state index in [1.54, 1.807) is 22.7 Å². The summed E-state index contributed by atoms with van der Waals surface area (Å²) >= 11 is 3.29. The normalized spacial score (nSPS) is 10.4. The van der Waals surface area contributed by atoms with Crippen LogP contribution in [0.5, 0.6) is 0 Å². The van der Waals surface area contributed by atoms with Gasteiger partial charge in [-0.05, 0) is 37.1 Å². The van der Waals surface area contributed by atoms with Crippen LogP contribution in [0.4, 0.5) is 0 Å². The summed E-state index contributed by atoms with van der Waals surface area (Å²) < 4.78 is 0. The third-order valence-electron chi connectivity index (χ3n) is 2.64. The van der Waals surface area contributed by atoms with Crippen molar-refractivity contribution in [1.29, 1.82) is 0 Å². The van der Waals surface area contributed by atoms with Crippen molar-refractivity contribution in [2.24, 2.45) is 0 Å². The molecule has 0 amide bonds. The van der Waals surface area contributed by atoms with Gasteiger partial charge < -0.3 is 0 Å². The Labute approximate surface area is 116 Å². The molecule has 0 nitrogen and oxygen atoms in total. The first-order valence-electron chi connectivity index (χ1n) is 5.46. The van der Waals surface area contributed by atoms with Crippen LogP contribution < -0.4 is 0 Å². The number of hydrogen-bond acceptors (Lipinski definition) is 2. The highest BCUT2D eigenvalue weighted by atomic mass is 32.1. The smallest absolute Gasteiger partial charge is 0.0774 e. The average Bonchev–Trinajstić information content (AvgIpc) is 2.90. The molecule has 0 spiro atoms. The van der Waals surface area contributed by atoms with Crippen LogP contribution in [0.25, 0.3) is 12.2 Å². The summed E-state index contributed by atoms with van der Waals surface area (Å²) in [6.07, 6.45) is 15.0. The topological polar surface area (TPSA) is 0 Å². The van der Waals surface area contributed by atoms with Crippen LogP contribution in [0.1, 0.15) is 30.6 Å². The molecule has 0 N–H and O–H groups in total. The molecular weight excluding hydrogens is 256 g/mol. The zero-order chi connectivity index (χ0) is 13.1. The maximum atomic E-state index is 5.40. The lowest BCUT2D eigenvalue weighted by Crippen LogP contribution is -1.71. The summed E-state index contributed by atoms with van der Waals surface area (Å²) in [4.78, 5) is 4.42. The van der Waals surface area contributed by atoms with E-state index in [0.29, 0.717) is 0 Å². The van der Waals surface area contributed by atoms with E-state index in [9.17, 15) is 0 Å². The van der Waals surface area contributed by atoms with E-state index in [1.165, 1.54) is 20.9 Å². The van der Waals surface area contributed by atoms with Gasteiger partial charge in [-0.2, -0.15) is 0 Å². The molecule has 2 heteroatoms. The third kappa shape index (κ3) is 2.57. The molecule has 2 rings (SSSR count). The number of aryl methyl sites for hydroxylation is 2. The molecule has 18 heavy (non-hydrogen) atoms. The number of hydrogen-bond donors (Lipinski definition) is 0. The Balaban J connectivity index is 2.30. The fourth-order valence-corrected chi connectivity index (χ4v) is 3.28. The molecule has 0 saturated carbocycles. The number of terminal acetylenes is 2. The summed E-state index contributed by atoms with van der Waals surface area (Å²) in [5.74, 6) is 5.34. The van der Waals surface area contributed by atoms with E-state index in [1.807, 2.05) is 12.1 Å². The molecule has 0 aromatic carbocycles. The van der Waals surface area contributed by atoms with Gasteiger partial charge in [0.2, 0.25) is 0 Å². The minimum atomic E-state index is 0.971. The monoisotopic (exact) mass is 268 g/mol. The van der Waals surface area contributed by atoms with Gasteiger partial charge in [-0.25, -0.2) is 0 Å². The van der Waals surface area contributed by atoms with Gasteiger partial charge in [0.25, 0.3) is 0 Å². The van der Waals surface area contributed by atoms with Gasteiger partial charge >= 0.3 is 0 Å². The molecule has 2 heterocycles. The Morgan fingerprint density at radius 2 is 1.28 bits per heavy atom. The molecule has 0 aliphatic heterocycles. The standard InChI is InChI=1S/C16H12S2/c1-5-15-9-13(11(3)17-15)7-8-14-10-16(6-2)18-12(14)4/h1-2,7-10H,3-4H3. The average molecular weight is 268 g/mol. The molecule has 0 aliphatic carbocycles. The largest absolute Gasteiger partial charge is 0.131 e. The summed E-state index contributed by atoms with van der Waals surface area (Å²) in [5, 5.41) is 0. The number of thiophene rings is 2. The van der Waals surface area contributed by atoms with Crippen molar-refractivity contribution in [3.63, 3.8) is 0 Å². The maximum absolute atomic E-state index is 5.40. The summed E-state index contributed by atoms with van der Waals surface area (Å²) in [6.45, 7) is 4.16. The van der Waals surface area contributed by atoms with Crippen LogP contribution >= 0.6 is 22.7 Å². The number of rotatable bonds is 2. The summed E-state index contributed by atoms with van der Waals surface area (Å²) in [5.41, 5.74) is 2.36. The molecule has 0 unspecified atom stereocenters. The summed E-state index contributed by atoms with van der Waals surface area (Å²) in [6, 6.07) is 4.08. The highest BCUT2D eigenvalue weighted by Crippen LogP contribution is 2.26. The highest BCUT2D eigenvalue weighted by Gasteiger charge is 2.03.